The molecule has 166 valence electrons. The molecular weight excluding hydrogens is 378 g/mol. The van der Waals surface area contributed by atoms with Crippen molar-refractivity contribution >= 4 is 17.7 Å². The minimum atomic E-state index is -0.633. The molecule has 1 heterocycles. The smallest absolute Gasteiger partial charge is 0.243 e. The summed E-state index contributed by atoms with van der Waals surface area (Å²) >= 11 is 0. The quantitative estimate of drug-likeness (QED) is 0.545. The molecule has 6 nitrogen and oxygen atoms in total. The third-order valence-electron chi connectivity index (χ3n) is 5.78. The van der Waals surface area contributed by atoms with Gasteiger partial charge in [0.2, 0.25) is 17.7 Å². The van der Waals surface area contributed by atoms with Crippen molar-refractivity contribution in [2.75, 3.05) is 13.6 Å². The van der Waals surface area contributed by atoms with Crippen LogP contribution in [0.25, 0.3) is 0 Å². The van der Waals surface area contributed by atoms with Gasteiger partial charge in [-0.1, -0.05) is 62.9 Å². The number of likely N-dealkylation sites (N-methyl/N-ethyl adjacent to an activating group) is 1. The molecule has 1 aromatic rings. The van der Waals surface area contributed by atoms with E-state index in [1.54, 1.807) is 11.9 Å². The van der Waals surface area contributed by atoms with E-state index in [0.29, 0.717) is 25.8 Å². The second-order valence-corrected chi connectivity index (χ2v) is 8.22. The molecule has 1 fully saturated rings. The summed E-state index contributed by atoms with van der Waals surface area (Å²) in [5, 5.41) is 5.75. The Bertz CT molecular complexity index is 678. The Morgan fingerprint density at radius 1 is 1.13 bits per heavy atom. The van der Waals surface area contributed by atoms with Crippen LogP contribution in [0.4, 0.5) is 0 Å². The van der Waals surface area contributed by atoms with Crippen LogP contribution in [0.2, 0.25) is 0 Å². The molecule has 0 radical (unpaired) electrons. The number of rotatable bonds is 11. The van der Waals surface area contributed by atoms with Gasteiger partial charge in [-0.2, -0.15) is 0 Å². The van der Waals surface area contributed by atoms with Crippen LogP contribution in [0.3, 0.4) is 0 Å². The largest absolute Gasteiger partial charge is 0.354 e. The van der Waals surface area contributed by atoms with Crippen LogP contribution in [0.5, 0.6) is 0 Å². The molecule has 2 rings (SSSR count). The van der Waals surface area contributed by atoms with Gasteiger partial charge in [0, 0.05) is 26.4 Å². The van der Waals surface area contributed by atoms with Gasteiger partial charge in [0.1, 0.15) is 12.1 Å². The minimum Gasteiger partial charge on any atom is -0.354 e. The number of hydrogen-bond donors (Lipinski definition) is 2. The van der Waals surface area contributed by atoms with Gasteiger partial charge in [-0.15, -0.1) is 0 Å². The van der Waals surface area contributed by atoms with Crippen molar-refractivity contribution in [1.29, 1.82) is 0 Å². The van der Waals surface area contributed by atoms with Gasteiger partial charge in [0.15, 0.2) is 0 Å². The third kappa shape index (κ3) is 7.81. The summed E-state index contributed by atoms with van der Waals surface area (Å²) in [5.74, 6) is -0.417. The SMILES string of the molecule is CCCCCCCC(=O)N(C)[C@@H](Cc1ccccc1)C(=O)N[C@H]1CCCCNC1=O. The molecule has 6 heteroatoms. The summed E-state index contributed by atoms with van der Waals surface area (Å²) in [6, 6.07) is 8.54. The van der Waals surface area contributed by atoms with Crippen LogP contribution < -0.4 is 10.6 Å². The molecule has 3 amide bonds. The average Bonchev–Trinajstić information content (AvgIpc) is 2.96. The summed E-state index contributed by atoms with van der Waals surface area (Å²) in [6.07, 6.45) is 8.68. The number of carbonyl (C=O) groups is 3. The fourth-order valence-electron chi connectivity index (χ4n) is 3.82. The maximum atomic E-state index is 13.1. The molecule has 0 aromatic heterocycles. The van der Waals surface area contributed by atoms with Crippen molar-refractivity contribution in [3.63, 3.8) is 0 Å². The van der Waals surface area contributed by atoms with Crippen LogP contribution in [0, 0.1) is 0 Å². The van der Waals surface area contributed by atoms with E-state index in [9.17, 15) is 14.4 Å². The molecule has 1 aliphatic rings. The topological polar surface area (TPSA) is 78.5 Å². The van der Waals surface area contributed by atoms with E-state index in [4.69, 9.17) is 0 Å². The molecule has 2 N–H and O–H groups in total. The first-order chi connectivity index (χ1) is 14.5. The summed E-state index contributed by atoms with van der Waals surface area (Å²) in [6.45, 7) is 2.81. The maximum Gasteiger partial charge on any atom is 0.243 e. The first kappa shape index (κ1) is 23.9. The lowest BCUT2D eigenvalue weighted by atomic mass is 10.0. The molecule has 1 saturated heterocycles. The van der Waals surface area contributed by atoms with Crippen molar-refractivity contribution in [1.82, 2.24) is 15.5 Å². The van der Waals surface area contributed by atoms with Gasteiger partial charge >= 0.3 is 0 Å². The van der Waals surface area contributed by atoms with Gasteiger partial charge in [-0.05, 0) is 31.2 Å². The van der Waals surface area contributed by atoms with Crippen molar-refractivity contribution in [2.24, 2.45) is 0 Å². The maximum absolute atomic E-state index is 13.1. The zero-order chi connectivity index (χ0) is 21.8. The third-order valence-corrected chi connectivity index (χ3v) is 5.78. The van der Waals surface area contributed by atoms with Crippen molar-refractivity contribution < 1.29 is 14.4 Å². The van der Waals surface area contributed by atoms with E-state index in [2.05, 4.69) is 17.6 Å². The van der Waals surface area contributed by atoms with Crippen LogP contribution in [0.15, 0.2) is 30.3 Å². The average molecular weight is 416 g/mol. The van der Waals surface area contributed by atoms with Crippen LogP contribution in [0.1, 0.15) is 70.3 Å². The normalized spacial score (nSPS) is 17.5. The number of carbonyl (C=O) groups excluding carboxylic acids is 3. The minimum absolute atomic E-state index is 0.0205. The lowest BCUT2D eigenvalue weighted by Gasteiger charge is -2.29. The summed E-state index contributed by atoms with van der Waals surface area (Å²) < 4.78 is 0. The zero-order valence-corrected chi connectivity index (χ0v) is 18.5. The number of unbranched alkanes of at least 4 members (excludes halogenated alkanes) is 4. The molecule has 1 aliphatic heterocycles. The van der Waals surface area contributed by atoms with Crippen LogP contribution in [-0.2, 0) is 20.8 Å². The molecule has 1 aromatic carbocycles. The summed E-state index contributed by atoms with van der Waals surface area (Å²) in [4.78, 5) is 39.8. The first-order valence-corrected chi connectivity index (χ1v) is 11.4. The highest BCUT2D eigenvalue weighted by Crippen LogP contribution is 2.14. The fourth-order valence-corrected chi connectivity index (χ4v) is 3.82. The summed E-state index contributed by atoms with van der Waals surface area (Å²) in [7, 11) is 1.70. The molecule has 0 spiro atoms. The Balaban J connectivity index is 2.04. The molecular formula is C24H37N3O3. The lowest BCUT2D eigenvalue weighted by molar-refractivity contribution is -0.140. The molecule has 30 heavy (non-hydrogen) atoms. The number of nitrogens with zero attached hydrogens (tertiary/aromatic N) is 1. The van der Waals surface area contributed by atoms with Gasteiger partial charge in [-0.25, -0.2) is 0 Å². The van der Waals surface area contributed by atoms with Crippen LogP contribution >= 0.6 is 0 Å². The van der Waals surface area contributed by atoms with Crippen molar-refractivity contribution in [2.45, 2.75) is 83.2 Å². The predicted octanol–water partition coefficient (Wildman–Crippen LogP) is 3.20. The molecule has 0 saturated carbocycles. The second-order valence-electron chi connectivity index (χ2n) is 8.22. The molecule has 0 unspecified atom stereocenters. The standard InChI is InChI=1S/C24H37N3O3/c1-3-4-5-6-10-16-22(28)27(2)21(18-19-13-8-7-9-14-19)24(30)26-20-15-11-12-17-25-23(20)29/h7-9,13-14,20-21H,3-6,10-12,15-18H2,1-2H3,(H,25,29)(H,26,30)/t20-,21-/m0/s1. The van der Waals surface area contributed by atoms with E-state index in [1.165, 1.54) is 12.8 Å². The summed E-state index contributed by atoms with van der Waals surface area (Å²) in [5.41, 5.74) is 0.991. The Labute approximate surface area is 180 Å². The van der Waals surface area contributed by atoms with Crippen molar-refractivity contribution in [3.05, 3.63) is 35.9 Å². The Kier molecular flexibility index (Phi) is 10.4. The molecule has 2 atom stereocenters. The van der Waals surface area contributed by atoms with E-state index in [0.717, 1.165) is 37.7 Å². The van der Waals surface area contributed by atoms with Crippen molar-refractivity contribution in [3.8, 4) is 0 Å². The van der Waals surface area contributed by atoms with E-state index in [1.807, 2.05) is 30.3 Å². The van der Waals surface area contributed by atoms with E-state index < -0.39 is 12.1 Å². The van der Waals surface area contributed by atoms with Gasteiger partial charge < -0.3 is 15.5 Å². The fraction of sp³-hybridized carbons (Fsp3) is 0.625. The van der Waals surface area contributed by atoms with Gasteiger partial charge in [0.25, 0.3) is 0 Å². The lowest BCUT2D eigenvalue weighted by Crippen LogP contribution is -2.54. The Hall–Kier alpha value is -2.37. The van der Waals surface area contributed by atoms with E-state index >= 15 is 0 Å². The van der Waals surface area contributed by atoms with Gasteiger partial charge in [0.05, 0.1) is 0 Å². The Morgan fingerprint density at radius 3 is 2.60 bits per heavy atom. The van der Waals surface area contributed by atoms with Gasteiger partial charge in [-0.3, -0.25) is 14.4 Å². The zero-order valence-electron chi connectivity index (χ0n) is 18.5. The highest BCUT2D eigenvalue weighted by molar-refractivity contribution is 5.92. The predicted molar refractivity (Wildman–Crippen MR) is 119 cm³/mol. The second kappa shape index (κ2) is 13.0. The molecule has 0 aliphatic carbocycles. The number of nitrogens with one attached hydrogen (secondary N) is 2. The first-order valence-electron chi connectivity index (χ1n) is 11.4. The highest BCUT2D eigenvalue weighted by atomic mass is 16.2. The monoisotopic (exact) mass is 415 g/mol. The Morgan fingerprint density at radius 2 is 1.87 bits per heavy atom. The molecule has 0 bridgehead atoms. The van der Waals surface area contributed by atoms with Crippen LogP contribution in [-0.4, -0.2) is 48.3 Å². The number of benzene rings is 1. The number of hydrogen-bond acceptors (Lipinski definition) is 3. The highest BCUT2D eigenvalue weighted by Gasteiger charge is 2.30. The van der Waals surface area contributed by atoms with E-state index in [-0.39, 0.29) is 17.7 Å². The number of amides is 3.